The first-order valence-corrected chi connectivity index (χ1v) is 8.82. The summed E-state index contributed by atoms with van der Waals surface area (Å²) in [6.07, 6.45) is 0. The molecule has 4 nitrogen and oxygen atoms in total. The summed E-state index contributed by atoms with van der Waals surface area (Å²) in [4.78, 5) is 14.7. The molecule has 0 saturated heterocycles. The van der Waals surface area contributed by atoms with Crippen molar-refractivity contribution < 1.29 is 14.3 Å². The fourth-order valence-corrected chi connectivity index (χ4v) is 2.87. The highest BCUT2D eigenvalue weighted by molar-refractivity contribution is 5.96. The predicted molar refractivity (Wildman–Crippen MR) is 106 cm³/mol. The van der Waals surface area contributed by atoms with Gasteiger partial charge in [0.25, 0.3) is 5.91 Å². The lowest BCUT2D eigenvalue weighted by atomic mass is 10.1. The van der Waals surface area contributed by atoms with Crippen molar-refractivity contribution in [1.82, 2.24) is 4.90 Å². The van der Waals surface area contributed by atoms with Crippen molar-refractivity contribution in [2.45, 2.75) is 13.2 Å². The maximum Gasteiger partial charge on any atom is 0.257 e. The van der Waals surface area contributed by atoms with E-state index in [0.29, 0.717) is 24.5 Å². The third-order valence-electron chi connectivity index (χ3n) is 4.30. The lowest BCUT2D eigenvalue weighted by molar-refractivity contribution is 0.0779. The summed E-state index contributed by atoms with van der Waals surface area (Å²) >= 11 is 0. The molecule has 0 spiro atoms. The first kappa shape index (κ1) is 18.5. The molecule has 27 heavy (non-hydrogen) atoms. The molecule has 0 atom stereocenters. The Morgan fingerprint density at radius 1 is 0.852 bits per heavy atom. The van der Waals surface area contributed by atoms with Crippen LogP contribution in [-0.2, 0) is 13.2 Å². The number of methoxy groups -OCH3 is 1. The first-order chi connectivity index (χ1) is 13.2. The third-order valence-corrected chi connectivity index (χ3v) is 4.30. The smallest absolute Gasteiger partial charge is 0.257 e. The van der Waals surface area contributed by atoms with Crippen LogP contribution in [0, 0.1) is 0 Å². The van der Waals surface area contributed by atoms with E-state index in [1.165, 1.54) is 0 Å². The molecule has 3 rings (SSSR count). The van der Waals surface area contributed by atoms with E-state index in [9.17, 15) is 4.79 Å². The molecule has 0 aliphatic heterocycles. The molecule has 0 N–H and O–H groups in total. The van der Waals surface area contributed by atoms with Gasteiger partial charge in [-0.25, -0.2) is 0 Å². The molecule has 1 amide bonds. The summed E-state index contributed by atoms with van der Waals surface area (Å²) in [6, 6.07) is 24.9. The summed E-state index contributed by atoms with van der Waals surface area (Å²) < 4.78 is 11.3. The molecule has 0 fully saturated rings. The van der Waals surface area contributed by atoms with Crippen LogP contribution in [0.2, 0.25) is 0 Å². The second-order valence-corrected chi connectivity index (χ2v) is 6.24. The molecule has 3 aromatic rings. The van der Waals surface area contributed by atoms with E-state index in [-0.39, 0.29) is 5.91 Å². The Kier molecular flexibility index (Phi) is 6.10. The Balaban J connectivity index is 1.74. The lowest BCUT2D eigenvalue weighted by Crippen LogP contribution is -2.26. The molecule has 4 heteroatoms. The number of benzene rings is 3. The number of ether oxygens (including phenoxy) is 2. The van der Waals surface area contributed by atoms with Gasteiger partial charge in [-0.15, -0.1) is 0 Å². The molecule has 0 heterocycles. The van der Waals surface area contributed by atoms with Gasteiger partial charge in [0.2, 0.25) is 0 Å². The number of nitrogens with zero attached hydrogens (tertiary/aromatic N) is 1. The summed E-state index contributed by atoms with van der Waals surface area (Å²) in [5.74, 6) is 1.26. The van der Waals surface area contributed by atoms with Crippen LogP contribution in [0.1, 0.15) is 21.5 Å². The van der Waals surface area contributed by atoms with Crippen LogP contribution in [0.25, 0.3) is 0 Å². The minimum atomic E-state index is -0.0930. The molecule has 0 aromatic heterocycles. The van der Waals surface area contributed by atoms with Gasteiger partial charge in [0, 0.05) is 19.2 Å². The van der Waals surface area contributed by atoms with Gasteiger partial charge in [0.05, 0.1) is 12.7 Å². The maximum absolute atomic E-state index is 13.0. The zero-order valence-electron chi connectivity index (χ0n) is 15.6. The topological polar surface area (TPSA) is 38.8 Å². The van der Waals surface area contributed by atoms with Gasteiger partial charge in [-0.1, -0.05) is 60.7 Å². The van der Waals surface area contributed by atoms with Crippen LogP contribution in [0.4, 0.5) is 0 Å². The van der Waals surface area contributed by atoms with Gasteiger partial charge < -0.3 is 14.4 Å². The normalized spacial score (nSPS) is 10.3. The molecule has 0 bridgehead atoms. The summed E-state index contributed by atoms with van der Waals surface area (Å²) in [7, 11) is 3.41. The maximum atomic E-state index is 13.0. The summed E-state index contributed by atoms with van der Waals surface area (Å²) in [6.45, 7) is 0.872. The Hall–Kier alpha value is -3.27. The average Bonchev–Trinajstić information content (AvgIpc) is 2.73. The van der Waals surface area contributed by atoms with E-state index in [2.05, 4.69) is 0 Å². The second-order valence-electron chi connectivity index (χ2n) is 6.24. The Morgan fingerprint density at radius 2 is 1.48 bits per heavy atom. The average molecular weight is 361 g/mol. The standard InChI is InChI=1S/C23H23NO3/c1-24(16-19-12-6-8-14-21(19)26-2)23(25)20-13-7-9-15-22(20)27-17-18-10-4-3-5-11-18/h3-15H,16-17H2,1-2H3. The molecule has 0 saturated carbocycles. The number of hydrogen-bond acceptors (Lipinski definition) is 3. The van der Waals surface area contributed by atoms with Crippen LogP contribution in [0.15, 0.2) is 78.9 Å². The van der Waals surface area contributed by atoms with Gasteiger partial charge >= 0.3 is 0 Å². The monoisotopic (exact) mass is 361 g/mol. The molecule has 0 aliphatic carbocycles. The summed E-state index contributed by atoms with van der Waals surface area (Å²) in [5, 5.41) is 0. The third kappa shape index (κ3) is 4.67. The van der Waals surface area contributed by atoms with Crippen molar-refractivity contribution in [3.05, 3.63) is 95.6 Å². The molecule has 0 aliphatic rings. The number of para-hydroxylation sites is 2. The van der Waals surface area contributed by atoms with E-state index in [1.807, 2.05) is 72.8 Å². The zero-order chi connectivity index (χ0) is 19.1. The highest BCUT2D eigenvalue weighted by Gasteiger charge is 2.18. The van der Waals surface area contributed by atoms with Crippen LogP contribution in [-0.4, -0.2) is 25.0 Å². The molecule has 0 unspecified atom stereocenters. The minimum Gasteiger partial charge on any atom is -0.496 e. The van der Waals surface area contributed by atoms with Crippen molar-refractivity contribution in [3.63, 3.8) is 0 Å². The van der Waals surface area contributed by atoms with Gasteiger partial charge in [-0.05, 0) is 23.8 Å². The summed E-state index contributed by atoms with van der Waals surface area (Å²) in [5.41, 5.74) is 2.56. The predicted octanol–water partition coefficient (Wildman–Crippen LogP) is 4.55. The highest BCUT2D eigenvalue weighted by Crippen LogP contribution is 2.23. The SMILES string of the molecule is COc1ccccc1CN(C)C(=O)c1ccccc1OCc1ccccc1. The Morgan fingerprint density at radius 3 is 2.22 bits per heavy atom. The fourth-order valence-electron chi connectivity index (χ4n) is 2.87. The van der Waals surface area contributed by atoms with Gasteiger partial charge in [-0.2, -0.15) is 0 Å². The largest absolute Gasteiger partial charge is 0.496 e. The quantitative estimate of drug-likeness (QED) is 0.620. The van der Waals surface area contributed by atoms with Crippen molar-refractivity contribution in [3.8, 4) is 11.5 Å². The second kappa shape index (κ2) is 8.90. The van der Waals surface area contributed by atoms with E-state index in [1.54, 1.807) is 25.1 Å². The van der Waals surface area contributed by atoms with Crippen molar-refractivity contribution >= 4 is 5.91 Å². The molecular formula is C23H23NO3. The first-order valence-electron chi connectivity index (χ1n) is 8.82. The minimum absolute atomic E-state index is 0.0930. The van der Waals surface area contributed by atoms with E-state index in [0.717, 1.165) is 16.9 Å². The fraction of sp³-hybridized carbons (Fsp3) is 0.174. The number of carbonyl (C=O) groups is 1. The van der Waals surface area contributed by atoms with Crippen LogP contribution in [0.5, 0.6) is 11.5 Å². The van der Waals surface area contributed by atoms with Crippen molar-refractivity contribution in [2.75, 3.05) is 14.2 Å². The number of rotatable bonds is 7. The molecule has 3 aromatic carbocycles. The van der Waals surface area contributed by atoms with Gasteiger partial charge in [-0.3, -0.25) is 4.79 Å². The zero-order valence-corrected chi connectivity index (χ0v) is 15.6. The number of hydrogen-bond donors (Lipinski definition) is 0. The van der Waals surface area contributed by atoms with E-state index >= 15 is 0 Å². The Bertz CT molecular complexity index is 893. The van der Waals surface area contributed by atoms with Crippen LogP contribution >= 0.6 is 0 Å². The van der Waals surface area contributed by atoms with Crippen LogP contribution in [0.3, 0.4) is 0 Å². The van der Waals surface area contributed by atoms with Crippen molar-refractivity contribution in [1.29, 1.82) is 0 Å². The molecular weight excluding hydrogens is 338 g/mol. The molecule has 0 radical (unpaired) electrons. The Labute approximate surface area is 160 Å². The van der Waals surface area contributed by atoms with Crippen molar-refractivity contribution in [2.24, 2.45) is 0 Å². The van der Waals surface area contributed by atoms with Gasteiger partial charge in [0.1, 0.15) is 18.1 Å². The van der Waals surface area contributed by atoms with Gasteiger partial charge in [0.15, 0.2) is 0 Å². The highest BCUT2D eigenvalue weighted by atomic mass is 16.5. The van der Waals surface area contributed by atoms with E-state index < -0.39 is 0 Å². The number of amides is 1. The van der Waals surface area contributed by atoms with Crippen LogP contribution < -0.4 is 9.47 Å². The molecule has 138 valence electrons. The lowest BCUT2D eigenvalue weighted by Gasteiger charge is -2.20. The van der Waals surface area contributed by atoms with E-state index in [4.69, 9.17) is 9.47 Å². The number of carbonyl (C=O) groups excluding carboxylic acids is 1.